The van der Waals surface area contributed by atoms with Crippen molar-refractivity contribution in [1.82, 2.24) is 0 Å². The maximum absolute atomic E-state index is 12.3. The molecule has 1 unspecified atom stereocenters. The predicted molar refractivity (Wildman–Crippen MR) is 84.4 cm³/mol. The smallest absolute Gasteiger partial charge is 0.202 e. The van der Waals surface area contributed by atoms with Gasteiger partial charge in [-0.2, -0.15) is 0 Å². The number of aryl methyl sites for hydroxylation is 1. The summed E-state index contributed by atoms with van der Waals surface area (Å²) in [5, 5.41) is 0. The van der Waals surface area contributed by atoms with E-state index < -0.39 is 6.10 Å². The van der Waals surface area contributed by atoms with Crippen LogP contribution in [0.1, 0.15) is 29.8 Å². The molecule has 0 amide bonds. The molecule has 0 aromatic heterocycles. The number of hydrogen-bond acceptors (Lipinski definition) is 2. The molecule has 2 nitrogen and oxygen atoms in total. The van der Waals surface area contributed by atoms with Gasteiger partial charge >= 0.3 is 0 Å². The van der Waals surface area contributed by atoms with E-state index >= 15 is 0 Å². The molecule has 0 N–H and O–H groups in total. The van der Waals surface area contributed by atoms with E-state index in [0.29, 0.717) is 11.3 Å². The van der Waals surface area contributed by atoms with Crippen LogP contribution >= 0.6 is 15.9 Å². The standard InChI is InChI=1S/C17H17BrO2/c1-3-13-8-10-14(11-9-13)17(19)12(2)20-16-7-5-4-6-15(16)18/h4-12H,3H2,1-2H3. The SMILES string of the molecule is CCc1ccc(C(=O)C(C)Oc2ccccc2Br)cc1. The lowest BCUT2D eigenvalue weighted by atomic mass is 10.0. The summed E-state index contributed by atoms with van der Waals surface area (Å²) in [6, 6.07) is 15.2. The minimum absolute atomic E-state index is 0.0107. The molecule has 0 aliphatic rings. The molecule has 0 saturated heterocycles. The van der Waals surface area contributed by atoms with Crippen molar-refractivity contribution in [1.29, 1.82) is 0 Å². The van der Waals surface area contributed by atoms with Gasteiger partial charge in [-0.25, -0.2) is 0 Å². The largest absolute Gasteiger partial charge is 0.481 e. The second-order valence-corrected chi connectivity index (χ2v) is 5.46. The van der Waals surface area contributed by atoms with Crippen LogP contribution < -0.4 is 4.74 Å². The zero-order chi connectivity index (χ0) is 14.5. The Bertz CT molecular complexity index is 590. The lowest BCUT2D eigenvalue weighted by Gasteiger charge is -2.15. The molecular weight excluding hydrogens is 316 g/mol. The minimum Gasteiger partial charge on any atom is -0.481 e. The first-order valence-corrected chi connectivity index (χ1v) is 7.45. The monoisotopic (exact) mass is 332 g/mol. The molecule has 2 aromatic carbocycles. The fourth-order valence-electron chi connectivity index (χ4n) is 1.92. The Labute approximate surface area is 127 Å². The normalized spacial score (nSPS) is 11.9. The third-order valence-electron chi connectivity index (χ3n) is 3.16. The summed E-state index contributed by atoms with van der Waals surface area (Å²) in [6.45, 7) is 3.87. The Morgan fingerprint density at radius 1 is 1.15 bits per heavy atom. The van der Waals surface area contributed by atoms with Crippen molar-refractivity contribution in [2.24, 2.45) is 0 Å². The molecule has 0 fully saturated rings. The summed E-state index contributed by atoms with van der Waals surface area (Å²) in [5.74, 6) is 0.668. The van der Waals surface area contributed by atoms with Crippen LogP contribution in [0.5, 0.6) is 5.75 Å². The summed E-state index contributed by atoms with van der Waals surface area (Å²) in [7, 11) is 0. The molecule has 104 valence electrons. The van der Waals surface area contributed by atoms with Gasteiger partial charge in [0.15, 0.2) is 6.10 Å². The van der Waals surface area contributed by atoms with Crippen LogP contribution in [0.25, 0.3) is 0 Å². The molecule has 0 heterocycles. The van der Waals surface area contributed by atoms with Crippen molar-refractivity contribution in [2.45, 2.75) is 26.4 Å². The summed E-state index contributed by atoms with van der Waals surface area (Å²) >= 11 is 3.41. The summed E-state index contributed by atoms with van der Waals surface area (Å²) in [6.07, 6.45) is 0.457. The zero-order valence-corrected chi connectivity index (χ0v) is 13.2. The fourth-order valence-corrected chi connectivity index (χ4v) is 2.30. The Morgan fingerprint density at radius 2 is 1.80 bits per heavy atom. The lowest BCUT2D eigenvalue weighted by Crippen LogP contribution is -2.24. The fraction of sp³-hybridized carbons (Fsp3) is 0.235. The van der Waals surface area contributed by atoms with E-state index in [0.717, 1.165) is 10.9 Å². The van der Waals surface area contributed by atoms with Crippen LogP contribution in [-0.2, 0) is 6.42 Å². The van der Waals surface area contributed by atoms with E-state index in [1.807, 2.05) is 48.5 Å². The molecule has 3 heteroatoms. The molecule has 0 aliphatic carbocycles. The van der Waals surface area contributed by atoms with E-state index in [-0.39, 0.29) is 5.78 Å². The van der Waals surface area contributed by atoms with Crippen LogP contribution in [0.15, 0.2) is 53.0 Å². The van der Waals surface area contributed by atoms with Crippen LogP contribution in [0.4, 0.5) is 0 Å². The van der Waals surface area contributed by atoms with Crippen LogP contribution in [-0.4, -0.2) is 11.9 Å². The van der Waals surface area contributed by atoms with E-state index in [1.165, 1.54) is 5.56 Å². The van der Waals surface area contributed by atoms with Gasteiger partial charge < -0.3 is 4.74 Å². The first-order chi connectivity index (χ1) is 9.61. The number of Topliss-reactive ketones (excluding diaryl/α,β-unsaturated/α-hetero) is 1. The van der Waals surface area contributed by atoms with Crippen molar-refractivity contribution in [3.8, 4) is 5.75 Å². The van der Waals surface area contributed by atoms with Crippen molar-refractivity contribution in [2.75, 3.05) is 0 Å². The predicted octanol–water partition coefficient (Wildman–Crippen LogP) is 4.66. The number of ketones is 1. The van der Waals surface area contributed by atoms with Gasteiger partial charge in [0.05, 0.1) is 4.47 Å². The minimum atomic E-state index is -0.513. The average Bonchev–Trinajstić information content (AvgIpc) is 2.49. The van der Waals surface area contributed by atoms with Crippen LogP contribution in [0.3, 0.4) is 0 Å². The third-order valence-corrected chi connectivity index (χ3v) is 3.81. The number of benzene rings is 2. The van der Waals surface area contributed by atoms with Crippen molar-refractivity contribution >= 4 is 21.7 Å². The van der Waals surface area contributed by atoms with Gasteiger partial charge in [-0.1, -0.05) is 43.3 Å². The maximum atomic E-state index is 12.3. The highest BCUT2D eigenvalue weighted by atomic mass is 79.9. The van der Waals surface area contributed by atoms with Crippen LogP contribution in [0.2, 0.25) is 0 Å². The highest BCUT2D eigenvalue weighted by molar-refractivity contribution is 9.10. The number of carbonyl (C=O) groups is 1. The zero-order valence-electron chi connectivity index (χ0n) is 11.6. The first kappa shape index (κ1) is 14.8. The van der Waals surface area contributed by atoms with Gasteiger partial charge in [-0.15, -0.1) is 0 Å². The molecule has 0 bridgehead atoms. The molecule has 1 atom stereocenters. The number of para-hydroxylation sites is 1. The van der Waals surface area contributed by atoms with Gasteiger partial charge in [0, 0.05) is 5.56 Å². The number of ether oxygens (including phenoxy) is 1. The second kappa shape index (κ2) is 6.71. The Kier molecular flexibility index (Phi) is 4.96. The van der Waals surface area contributed by atoms with Gasteiger partial charge in [-0.05, 0) is 47.0 Å². The number of hydrogen-bond donors (Lipinski definition) is 0. The molecule has 20 heavy (non-hydrogen) atoms. The Hall–Kier alpha value is -1.61. The first-order valence-electron chi connectivity index (χ1n) is 6.66. The van der Waals surface area contributed by atoms with Crippen molar-refractivity contribution in [3.05, 3.63) is 64.1 Å². The highest BCUT2D eigenvalue weighted by Crippen LogP contribution is 2.25. The molecule has 0 saturated carbocycles. The molecule has 0 radical (unpaired) electrons. The van der Waals surface area contributed by atoms with E-state index in [2.05, 4.69) is 22.9 Å². The van der Waals surface area contributed by atoms with Gasteiger partial charge in [0.2, 0.25) is 5.78 Å². The number of rotatable bonds is 5. The molecule has 2 aromatic rings. The maximum Gasteiger partial charge on any atom is 0.202 e. The van der Waals surface area contributed by atoms with Crippen molar-refractivity contribution < 1.29 is 9.53 Å². The third kappa shape index (κ3) is 3.48. The number of carbonyl (C=O) groups excluding carboxylic acids is 1. The summed E-state index contributed by atoms with van der Waals surface area (Å²) in [4.78, 5) is 12.3. The van der Waals surface area contributed by atoms with E-state index in [4.69, 9.17) is 4.74 Å². The number of halogens is 1. The molecule has 0 aliphatic heterocycles. The van der Waals surface area contributed by atoms with E-state index in [9.17, 15) is 4.79 Å². The second-order valence-electron chi connectivity index (χ2n) is 4.61. The topological polar surface area (TPSA) is 26.3 Å². The molecule has 2 rings (SSSR count). The molecule has 0 spiro atoms. The summed E-state index contributed by atoms with van der Waals surface area (Å²) < 4.78 is 6.57. The van der Waals surface area contributed by atoms with Crippen molar-refractivity contribution in [3.63, 3.8) is 0 Å². The lowest BCUT2D eigenvalue weighted by molar-refractivity contribution is 0.0817. The highest BCUT2D eigenvalue weighted by Gasteiger charge is 2.17. The van der Waals surface area contributed by atoms with Gasteiger partial charge in [-0.3, -0.25) is 4.79 Å². The Balaban J connectivity index is 2.10. The molecular formula is C17H17BrO2. The quantitative estimate of drug-likeness (QED) is 0.744. The van der Waals surface area contributed by atoms with Gasteiger partial charge in [0.1, 0.15) is 5.75 Å². The Morgan fingerprint density at radius 3 is 2.40 bits per heavy atom. The van der Waals surface area contributed by atoms with E-state index in [1.54, 1.807) is 6.92 Å². The van der Waals surface area contributed by atoms with Crippen LogP contribution in [0, 0.1) is 0 Å². The summed E-state index contributed by atoms with van der Waals surface area (Å²) in [5.41, 5.74) is 1.91. The average molecular weight is 333 g/mol. The van der Waals surface area contributed by atoms with Gasteiger partial charge in [0.25, 0.3) is 0 Å².